The van der Waals surface area contributed by atoms with Gasteiger partial charge in [0.25, 0.3) is 0 Å². The van der Waals surface area contributed by atoms with E-state index in [1.807, 2.05) is 43.5 Å². The zero-order valence-corrected chi connectivity index (χ0v) is 13.9. The molecule has 0 bridgehead atoms. The normalized spacial score (nSPS) is 14.2. The third-order valence-electron chi connectivity index (χ3n) is 3.50. The molecule has 1 aliphatic rings. The Balaban J connectivity index is 1.51. The highest BCUT2D eigenvalue weighted by Crippen LogP contribution is 2.30. The summed E-state index contributed by atoms with van der Waals surface area (Å²) in [7, 11) is 0. The van der Waals surface area contributed by atoms with Crippen molar-refractivity contribution in [1.82, 2.24) is 15.0 Å². The molecule has 0 saturated carbocycles. The minimum Gasteiger partial charge on any atom is -0.485 e. The topological polar surface area (TPSA) is 69.2 Å². The molecule has 0 aromatic carbocycles. The Morgan fingerprint density at radius 2 is 2.17 bits per heavy atom. The van der Waals surface area contributed by atoms with Gasteiger partial charge in [0.05, 0.1) is 23.8 Å². The van der Waals surface area contributed by atoms with Crippen molar-refractivity contribution in [2.24, 2.45) is 0 Å². The molecule has 0 aliphatic carbocycles. The predicted molar refractivity (Wildman–Crippen MR) is 92.8 cm³/mol. The Labute approximate surface area is 143 Å². The smallest absolute Gasteiger partial charge is 0.188 e. The summed E-state index contributed by atoms with van der Waals surface area (Å²) in [4.78, 5) is 14.2. The van der Waals surface area contributed by atoms with Crippen molar-refractivity contribution in [2.75, 3.05) is 18.5 Å². The molecule has 4 rings (SSSR count). The molecule has 1 fully saturated rings. The Morgan fingerprint density at radius 1 is 1.25 bits per heavy atom. The van der Waals surface area contributed by atoms with Gasteiger partial charge in [-0.1, -0.05) is 17.4 Å². The van der Waals surface area contributed by atoms with Crippen LogP contribution in [0.25, 0.3) is 10.6 Å². The van der Waals surface area contributed by atoms with Crippen molar-refractivity contribution in [3.05, 3.63) is 48.4 Å². The van der Waals surface area contributed by atoms with Crippen molar-refractivity contribution in [3.63, 3.8) is 0 Å². The molecule has 0 amide bonds. The first-order chi connectivity index (χ1) is 11.8. The Kier molecular flexibility index (Phi) is 4.10. The van der Waals surface area contributed by atoms with Crippen LogP contribution in [0.1, 0.15) is 5.69 Å². The number of thiazole rings is 1. The van der Waals surface area contributed by atoms with E-state index in [2.05, 4.69) is 20.3 Å². The number of nitrogens with one attached hydrogen (secondary N) is 1. The van der Waals surface area contributed by atoms with Crippen LogP contribution in [-0.4, -0.2) is 34.3 Å². The molecule has 1 N–H and O–H groups in total. The van der Waals surface area contributed by atoms with Crippen LogP contribution in [0, 0.1) is 6.92 Å². The number of anilines is 2. The van der Waals surface area contributed by atoms with Crippen LogP contribution >= 0.6 is 11.3 Å². The molecular weight excluding hydrogens is 324 g/mol. The second-order valence-electron chi connectivity index (χ2n) is 5.48. The summed E-state index contributed by atoms with van der Waals surface area (Å²) in [5.41, 5.74) is 1.80. The van der Waals surface area contributed by atoms with Gasteiger partial charge in [-0.2, -0.15) is 0 Å². The Morgan fingerprint density at radius 3 is 2.92 bits per heavy atom. The minimum atomic E-state index is 0.135. The first-order valence-corrected chi connectivity index (χ1v) is 8.45. The highest BCUT2D eigenvalue weighted by atomic mass is 32.1. The summed E-state index contributed by atoms with van der Waals surface area (Å²) < 4.78 is 11.0. The standard InChI is InChI=1S/C17H16N4O2S/c1-11-6-12(23-13-9-22-10-13)7-16(20-11)21-17-19-8-15(24-17)14-4-2-3-5-18-14/h2-8,13H,9-10H2,1H3,(H,19,20,21). The fraction of sp³-hybridized carbons (Fsp3) is 0.235. The molecule has 6 nitrogen and oxygen atoms in total. The van der Waals surface area contributed by atoms with Gasteiger partial charge >= 0.3 is 0 Å². The van der Waals surface area contributed by atoms with Crippen molar-refractivity contribution in [3.8, 4) is 16.3 Å². The van der Waals surface area contributed by atoms with Crippen LogP contribution < -0.4 is 10.1 Å². The van der Waals surface area contributed by atoms with Crippen LogP contribution in [0.5, 0.6) is 5.75 Å². The maximum atomic E-state index is 5.85. The molecule has 1 saturated heterocycles. The van der Waals surface area contributed by atoms with Gasteiger partial charge in [0, 0.05) is 30.2 Å². The van der Waals surface area contributed by atoms with Crippen LogP contribution in [0.15, 0.2) is 42.7 Å². The first-order valence-electron chi connectivity index (χ1n) is 7.63. The monoisotopic (exact) mass is 340 g/mol. The number of hydrogen-bond acceptors (Lipinski definition) is 7. The summed E-state index contributed by atoms with van der Waals surface area (Å²) >= 11 is 1.54. The molecule has 4 heterocycles. The number of hydrogen-bond donors (Lipinski definition) is 1. The summed E-state index contributed by atoms with van der Waals surface area (Å²) in [5, 5.41) is 4.01. The molecule has 0 atom stereocenters. The molecule has 1 aliphatic heterocycles. The van der Waals surface area contributed by atoms with E-state index in [0.717, 1.165) is 27.1 Å². The van der Waals surface area contributed by atoms with Crippen LogP contribution in [-0.2, 0) is 4.74 Å². The summed E-state index contributed by atoms with van der Waals surface area (Å²) in [6, 6.07) is 9.63. The molecular formula is C17H16N4O2S. The molecule has 24 heavy (non-hydrogen) atoms. The number of aryl methyl sites for hydroxylation is 1. The zero-order chi connectivity index (χ0) is 16.4. The van der Waals surface area contributed by atoms with E-state index in [1.54, 1.807) is 6.20 Å². The Hall–Kier alpha value is -2.51. The van der Waals surface area contributed by atoms with Gasteiger partial charge in [-0.25, -0.2) is 9.97 Å². The summed E-state index contributed by atoms with van der Waals surface area (Å²) in [6.07, 6.45) is 3.72. The van der Waals surface area contributed by atoms with E-state index in [0.29, 0.717) is 19.0 Å². The van der Waals surface area contributed by atoms with Crippen molar-refractivity contribution >= 4 is 22.3 Å². The molecule has 0 spiro atoms. The van der Waals surface area contributed by atoms with E-state index in [-0.39, 0.29) is 6.10 Å². The van der Waals surface area contributed by atoms with Gasteiger partial charge in [-0.05, 0) is 19.1 Å². The molecule has 0 unspecified atom stereocenters. The molecule has 3 aromatic heterocycles. The lowest BCUT2D eigenvalue weighted by atomic mass is 10.3. The first kappa shape index (κ1) is 15.0. The largest absolute Gasteiger partial charge is 0.485 e. The second kappa shape index (κ2) is 6.54. The lowest BCUT2D eigenvalue weighted by molar-refractivity contribution is -0.0797. The van der Waals surface area contributed by atoms with Gasteiger partial charge in [0.1, 0.15) is 17.7 Å². The summed E-state index contributed by atoms with van der Waals surface area (Å²) in [6.45, 7) is 3.23. The van der Waals surface area contributed by atoms with Crippen molar-refractivity contribution in [1.29, 1.82) is 0 Å². The average Bonchev–Trinajstić information content (AvgIpc) is 3.00. The predicted octanol–water partition coefficient (Wildman–Crippen LogP) is 3.43. The average molecular weight is 340 g/mol. The second-order valence-corrected chi connectivity index (χ2v) is 6.51. The van der Waals surface area contributed by atoms with Gasteiger partial charge in [0.15, 0.2) is 5.13 Å². The highest BCUT2D eigenvalue weighted by Gasteiger charge is 2.20. The van der Waals surface area contributed by atoms with Crippen LogP contribution in [0.3, 0.4) is 0 Å². The number of nitrogens with zero attached hydrogens (tertiary/aromatic N) is 3. The van der Waals surface area contributed by atoms with E-state index in [4.69, 9.17) is 9.47 Å². The van der Waals surface area contributed by atoms with Gasteiger partial charge in [-0.3, -0.25) is 4.98 Å². The van der Waals surface area contributed by atoms with Crippen LogP contribution in [0.2, 0.25) is 0 Å². The highest BCUT2D eigenvalue weighted by molar-refractivity contribution is 7.18. The maximum Gasteiger partial charge on any atom is 0.188 e. The lowest BCUT2D eigenvalue weighted by Crippen LogP contribution is -2.38. The van der Waals surface area contributed by atoms with E-state index < -0.39 is 0 Å². The number of ether oxygens (including phenoxy) is 2. The van der Waals surface area contributed by atoms with Gasteiger partial charge in [-0.15, -0.1) is 0 Å². The zero-order valence-electron chi connectivity index (χ0n) is 13.1. The lowest BCUT2D eigenvalue weighted by Gasteiger charge is -2.26. The van der Waals surface area contributed by atoms with Crippen molar-refractivity contribution in [2.45, 2.75) is 13.0 Å². The van der Waals surface area contributed by atoms with Crippen molar-refractivity contribution < 1.29 is 9.47 Å². The quantitative estimate of drug-likeness (QED) is 0.767. The number of aromatic nitrogens is 3. The molecule has 0 radical (unpaired) electrons. The van der Waals surface area contributed by atoms with E-state index >= 15 is 0 Å². The van der Waals surface area contributed by atoms with E-state index in [1.165, 1.54) is 11.3 Å². The fourth-order valence-electron chi connectivity index (χ4n) is 2.31. The third-order valence-corrected chi connectivity index (χ3v) is 4.43. The number of rotatable bonds is 5. The van der Waals surface area contributed by atoms with Gasteiger partial charge < -0.3 is 14.8 Å². The minimum absolute atomic E-state index is 0.135. The SMILES string of the molecule is Cc1cc(OC2COC2)cc(Nc2ncc(-c3ccccn3)s2)n1. The fourth-order valence-corrected chi connectivity index (χ4v) is 3.11. The van der Waals surface area contributed by atoms with Crippen LogP contribution in [0.4, 0.5) is 10.9 Å². The van der Waals surface area contributed by atoms with Gasteiger partial charge in [0.2, 0.25) is 0 Å². The molecule has 3 aromatic rings. The Bertz CT molecular complexity index is 834. The number of pyridine rings is 2. The third kappa shape index (κ3) is 3.37. The molecule has 122 valence electrons. The molecule has 7 heteroatoms. The maximum absolute atomic E-state index is 5.85. The van der Waals surface area contributed by atoms with E-state index in [9.17, 15) is 0 Å². The summed E-state index contributed by atoms with van der Waals surface area (Å²) in [5.74, 6) is 1.51.